The zero-order valence-corrected chi connectivity index (χ0v) is 14.4. The number of benzene rings is 1. The summed E-state index contributed by atoms with van der Waals surface area (Å²) in [5.74, 6) is 0.677. The van der Waals surface area contributed by atoms with E-state index in [1.54, 1.807) is 12.1 Å². The van der Waals surface area contributed by atoms with Crippen LogP contribution in [-0.4, -0.2) is 36.5 Å². The van der Waals surface area contributed by atoms with Crippen molar-refractivity contribution in [3.05, 3.63) is 35.6 Å². The second-order valence-corrected chi connectivity index (χ2v) is 6.74. The van der Waals surface area contributed by atoms with Crippen molar-refractivity contribution in [1.29, 1.82) is 0 Å². The minimum absolute atomic E-state index is 0. The van der Waals surface area contributed by atoms with Crippen molar-refractivity contribution >= 4 is 18.3 Å². The Morgan fingerprint density at radius 3 is 2.65 bits per heavy atom. The smallest absolute Gasteiger partial charge is 0.239 e. The van der Waals surface area contributed by atoms with Crippen LogP contribution in [0.15, 0.2) is 24.3 Å². The highest BCUT2D eigenvalue weighted by Gasteiger charge is 2.38. The van der Waals surface area contributed by atoms with E-state index in [1.165, 1.54) is 37.8 Å². The van der Waals surface area contributed by atoms with E-state index in [4.69, 9.17) is 0 Å². The molecule has 1 aliphatic heterocycles. The summed E-state index contributed by atoms with van der Waals surface area (Å²) in [4.78, 5) is 14.4. The Morgan fingerprint density at radius 2 is 1.96 bits per heavy atom. The van der Waals surface area contributed by atoms with Gasteiger partial charge in [0.1, 0.15) is 5.82 Å². The van der Waals surface area contributed by atoms with E-state index in [0.717, 1.165) is 18.4 Å². The summed E-state index contributed by atoms with van der Waals surface area (Å²) in [6.07, 6.45) is 6.83. The molecule has 3 atom stereocenters. The Morgan fingerprint density at radius 1 is 1.26 bits per heavy atom. The van der Waals surface area contributed by atoms with Crippen LogP contribution in [0.1, 0.15) is 37.7 Å². The fourth-order valence-electron chi connectivity index (χ4n) is 3.83. The molecule has 1 amide bonds. The summed E-state index contributed by atoms with van der Waals surface area (Å²) >= 11 is 0. The van der Waals surface area contributed by atoms with E-state index in [1.807, 2.05) is 11.9 Å². The molecule has 1 saturated carbocycles. The van der Waals surface area contributed by atoms with Gasteiger partial charge in [-0.3, -0.25) is 4.79 Å². The van der Waals surface area contributed by atoms with Crippen LogP contribution in [0.3, 0.4) is 0 Å². The Balaban J connectivity index is 0.00000192. The Bertz CT molecular complexity index is 508. The van der Waals surface area contributed by atoms with Crippen molar-refractivity contribution in [3.63, 3.8) is 0 Å². The van der Waals surface area contributed by atoms with E-state index in [0.29, 0.717) is 18.5 Å². The van der Waals surface area contributed by atoms with Crippen molar-refractivity contribution in [2.24, 2.45) is 5.92 Å². The number of rotatable bonds is 4. The topological polar surface area (TPSA) is 32.3 Å². The molecule has 1 aromatic carbocycles. The van der Waals surface area contributed by atoms with Gasteiger partial charge >= 0.3 is 0 Å². The van der Waals surface area contributed by atoms with Crippen LogP contribution >= 0.6 is 12.4 Å². The molecule has 3 rings (SSSR count). The predicted octanol–water partition coefficient (Wildman–Crippen LogP) is 3.17. The highest BCUT2D eigenvalue weighted by atomic mass is 35.5. The molecule has 5 heteroatoms. The lowest BCUT2D eigenvalue weighted by Crippen LogP contribution is -2.44. The summed E-state index contributed by atoms with van der Waals surface area (Å²) in [6, 6.07) is 7.06. The number of likely N-dealkylation sites (N-methyl/N-ethyl adjacent to an activating group) is 1. The first kappa shape index (κ1) is 18.2. The first-order valence-corrected chi connectivity index (χ1v) is 8.39. The number of amides is 1. The number of hydrogen-bond acceptors (Lipinski definition) is 2. The number of halogens is 2. The molecule has 0 bridgehead atoms. The molecule has 3 nitrogen and oxygen atoms in total. The lowest BCUT2D eigenvalue weighted by atomic mass is 9.85. The number of nitrogens with zero attached hydrogens (tertiary/aromatic N) is 1. The minimum Gasteiger partial charge on any atom is -0.344 e. The van der Waals surface area contributed by atoms with Crippen molar-refractivity contribution in [2.75, 3.05) is 13.6 Å². The van der Waals surface area contributed by atoms with Crippen molar-refractivity contribution in [2.45, 2.75) is 50.6 Å². The maximum Gasteiger partial charge on any atom is 0.239 e. The molecular weight excluding hydrogens is 315 g/mol. The molecular formula is C18H26ClFN2O. The lowest BCUT2D eigenvalue weighted by Gasteiger charge is -2.24. The second kappa shape index (κ2) is 8.11. The van der Waals surface area contributed by atoms with Crippen LogP contribution < -0.4 is 5.32 Å². The van der Waals surface area contributed by atoms with E-state index in [9.17, 15) is 9.18 Å². The first-order valence-electron chi connectivity index (χ1n) is 8.39. The molecule has 2 fully saturated rings. The first-order chi connectivity index (χ1) is 10.6. The molecule has 2 aliphatic rings. The number of carbonyl (C=O) groups excluding carboxylic acids is 1. The minimum atomic E-state index is -0.217. The van der Waals surface area contributed by atoms with Gasteiger partial charge in [-0.05, 0) is 49.3 Å². The number of carbonyl (C=O) groups is 1. The van der Waals surface area contributed by atoms with E-state index in [-0.39, 0.29) is 30.2 Å². The molecule has 1 N–H and O–H groups in total. The zero-order chi connectivity index (χ0) is 15.5. The van der Waals surface area contributed by atoms with Crippen molar-refractivity contribution in [3.8, 4) is 0 Å². The van der Waals surface area contributed by atoms with Gasteiger partial charge in [0.2, 0.25) is 5.91 Å². The van der Waals surface area contributed by atoms with Gasteiger partial charge in [-0.2, -0.15) is 0 Å². The Hall–Kier alpha value is -1.13. The van der Waals surface area contributed by atoms with Crippen molar-refractivity contribution in [1.82, 2.24) is 10.2 Å². The summed E-state index contributed by atoms with van der Waals surface area (Å²) in [5, 5.41) is 3.54. The molecule has 23 heavy (non-hydrogen) atoms. The normalized spacial score (nSPS) is 26.3. The highest BCUT2D eigenvalue weighted by molar-refractivity contribution is 5.85. The van der Waals surface area contributed by atoms with E-state index >= 15 is 0 Å². The zero-order valence-electron chi connectivity index (χ0n) is 13.6. The SMILES string of the molecule is CN(CCc1ccc(F)cc1)C(=O)C1CC2CCCCC2N1.Cl. The van der Waals surface area contributed by atoms with Gasteiger partial charge in [-0.25, -0.2) is 4.39 Å². The lowest BCUT2D eigenvalue weighted by molar-refractivity contribution is -0.131. The third kappa shape index (κ3) is 4.45. The van der Waals surface area contributed by atoms with Gasteiger partial charge in [0.05, 0.1) is 6.04 Å². The highest BCUT2D eigenvalue weighted by Crippen LogP contribution is 2.33. The van der Waals surface area contributed by atoms with Crippen LogP contribution in [0.2, 0.25) is 0 Å². The molecule has 0 radical (unpaired) electrons. The summed E-state index contributed by atoms with van der Waals surface area (Å²) in [7, 11) is 1.87. The van der Waals surface area contributed by atoms with Crippen LogP contribution in [0, 0.1) is 11.7 Å². The molecule has 0 spiro atoms. The average molecular weight is 341 g/mol. The van der Waals surface area contributed by atoms with Gasteiger partial charge in [-0.1, -0.05) is 25.0 Å². The Labute approximate surface area is 144 Å². The van der Waals surface area contributed by atoms with Gasteiger partial charge < -0.3 is 10.2 Å². The molecule has 1 saturated heterocycles. The van der Waals surface area contributed by atoms with Crippen LogP contribution in [0.4, 0.5) is 4.39 Å². The van der Waals surface area contributed by atoms with Crippen molar-refractivity contribution < 1.29 is 9.18 Å². The monoisotopic (exact) mass is 340 g/mol. The third-order valence-corrected chi connectivity index (χ3v) is 5.19. The largest absolute Gasteiger partial charge is 0.344 e. The fraction of sp³-hybridized carbons (Fsp3) is 0.611. The second-order valence-electron chi connectivity index (χ2n) is 6.74. The van der Waals surface area contributed by atoms with Gasteiger partial charge in [0.15, 0.2) is 0 Å². The quantitative estimate of drug-likeness (QED) is 0.913. The molecule has 1 aliphatic carbocycles. The Kier molecular flexibility index (Phi) is 6.42. The molecule has 0 aromatic heterocycles. The molecule has 1 aromatic rings. The molecule has 1 heterocycles. The number of fused-ring (bicyclic) bond motifs is 1. The van der Waals surface area contributed by atoms with Crippen LogP contribution in [0.5, 0.6) is 0 Å². The molecule has 128 valence electrons. The number of hydrogen-bond donors (Lipinski definition) is 1. The standard InChI is InChI=1S/C18H25FN2O.ClH/c1-21(11-10-13-6-8-15(19)9-7-13)18(22)17-12-14-4-2-3-5-16(14)20-17;/h6-9,14,16-17,20H,2-5,10-12H2,1H3;1H. The number of nitrogens with one attached hydrogen (secondary N) is 1. The van der Waals surface area contributed by atoms with Gasteiger partial charge in [0, 0.05) is 19.6 Å². The predicted molar refractivity (Wildman–Crippen MR) is 92.3 cm³/mol. The van der Waals surface area contributed by atoms with E-state index in [2.05, 4.69) is 5.32 Å². The fourth-order valence-corrected chi connectivity index (χ4v) is 3.83. The molecule has 3 unspecified atom stereocenters. The summed E-state index contributed by atoms with van der Waals surface area (Å²) in [5.41, 5.74) is 1.06. The maximum absolute atomic E-state index is 12.9. The maximum atomic E-state index is 12.9. The van der Waals surface area contributed by atoms with Gasteiger partial charge in [-0.15, -0.1) is 12.4 Å². The van der Waals surface area contributed by atoms with Crippen LogP contribution in [-0.2, 0) is 11.2 Å². The summed E-state index contributed by atoms with van der Waals surface area (Å²) < 4.78 is 12.9. The van der Waals surface area contributed by atoms with E-state index < -0.39 is 0 Å². The van der Waals surface area contributed by atoms with Gasteiger partial charge in [0.25, 0.3) is 0 Å². The summed E-state index contributed by atoms with van der Waals surface area (Å²) in [6.45, 7) is 0.679. The van der Waals surface area contributed by atoms with Crippen LogP contribution in [0.25, 0.3) is 0 Å². The third-order valence-electron chi connectivity index (χ3n) is 5.19. The average Bonchev–Trinajstić information content (AvgIpc) is 2.97.